The van der Waals surface area contributed by atoms with Crippen LogP contribution in [0.1, 0.15) is 46.1 Å². The van der Waals surface area contributed by atoms with Crippen molar-refractivity contribution in [3.05, 3.63) is 41.5 Å². The first-order chi connectivity index (χ1) is 9.89. The molecule has 0 heterocycles. The first kappa shape index (κ1) is 13.3. The van der Waals surface area contributed by atoms with E-state index in [9.17, 15) is 4.79 Å². The summed E-state index contributed by atoms with van der Waals surface area (Å²) in [7, 11) is 0. The normalized spacial score (nSPS) is 40.0. The Hall–Kier alpha value is -1.37. The summed E-state index contributed by atoms with van der Waals surface area (Å²) in [5.41, 5.74) is 4.11. The Morgan fingerprint density at radius 2 is 1.76 bits per heavy atom. The van der Waals surface area contributed by atoms with E-state index in [-0.39, 0.29) is 16.7 Å². The van der Waals surface area contributed by atoms with Gasteiger partial charge in [0.15, 0.2) is 5.78 Å². The molecular formula is C20H24O. The van der Waals surface area contributed by atoms with E-state index < -0.39 is 0 Å². The van der Waals surface area contributed by atoms with E-state index in [1.165, 1.54) is 24.0 Å². The van der Waals surface area contributed by atoms with Crippen LogP contribution < -0.4 is 0 Å². The molecule has 0 spiro atoms. The highest BCUT2D eigenvalue weighted by atomic mass is 16.1. The van der Waals surface area contributed by atoms with Gasteiger partial charge in [-0.15, -0.1) is 0 Å². The van der Waals surface area contributed by atoms with Crippen LogP contribution in [0, 0.1) is 28.6 Å². The van der Waals surface area contributed by atoms with Crippen LogP contribution in [-0.2, 0) is 4.79 Å². The molecule has 0 N–H and O–H groups in total. The van der Waals surface area contributed by atoms with Crippen LogP contribution in [0.4, 0.5) is 0 Å². The molecule has 4 rings (SSSR count). The van der Waals surface area contributed by atoms with E-state index in [4.69, 9.17) is 0 Å². The maximum atomic E-state index is 13.0. The smallest absolute Gasteiger partial charge is 0.163 e. The number of hydrogen-bond donors (Lipinski definition) is 0. The summed E-state index contributed by atoms with van der Waals surface area (Å²) in [6, 6.07) is 10.6. The lowest BCUT2D eigenvalue weighted by molar-refractivity contribution is -0.123. The Bertz CT molecular complexity index is 652. The molecule has 0 saturated heterocycles. The average Bonchev–Trinajstić information content (AvgIpc) is 2.92. The van der Waals surface area contributed by atoms with Gasteiger partial charge in [-0.2, -0.15) is 0 Å². The van der Waals surface area contributed by atoms with Crippen molar-refractivity contribution in [1.82, 2.24) is 0 Å². The monoisotopic (exact) mass is 280 g/mol. The van der Waals surface area contributed by atoms with Crippen LogP contribution in [0.25, 0.3) is 5.57 Å². The number of fused-ring (bicyclic) bond motifs is 5. The third kappa shape index (κ3) is 1.36. The van der Waals surface area contributed by atoms with Crippen LogP contribution >= 0.6 is 0 Å². The highest BCUT2D eigenvalue weighted by molar-refractivity contribution is 6.10. The molecule has 21 heavy (non-hydrogen) atoms. The largest absolute Gasteiger partial charge is 0.294 e. The Kier molecular flexibility index (Phi) is 2.46. The topological polar surface area (TPSA) is 17.1 Å². The van der Waals surface area contributed by atoms with Gasteiger partial charge in [0, 0.05) is 5.92 Å². The molecule has 1 nitrogen and oxygen atoms in total. The van der Waals surface area contributed by atoms with Gasteiger partial charge in [-0.1, -0.05) is 51.1 Å². The molecule has 110 valence electrons. The van der Waals surface area contributed by atoms with Crippen molar-refractivity contribution in [3.8, 4) is 0 Å². The minimum Gasteiger partial charge on any atom is -0.294 e. The van der Waals surface area contributed by atoms with E-state index in [1.807, 2.05) is 0 Å². The molecule has 1 aromatic rings. The zero-order chi connectivity index (χ0) is 15.0. The van der Waals surface area contributed by atoms with E-state index in [2.05, 4.69) is 58.0 Å². The van der Waals surface area contributed by atoms with Crippen molar-refractivity contribution >= 4 is 11.4 Å². The van der Waals surface area contributed by atoms with Gasteiger partial charge in [-0.3, -0.25) is 4.79 Å². The Labute approximate surface area is 127 Å². The van der Waals surface area contributed by atoms with Crippen molar-refractivity contribution in [2.75, 3.05) is 0 Å². The fourth-order valence-electron chi connectivity index (χ4n) is 5.84. The van der Waals surface area contributed by atoms with Gasteiger partial charge in [0.1, 0.15) is 0 Å². The van der Waals surface area contributed by atoms with Crippen molar-refractivity contribution < 1.29 is 4.79 Å². The minimum absolute atomic E-state index is 0.178. The summed E-state index contributed by atoms with van der Waals surface area (Å²) in [6.07, 6.45) is 2.49. The minimum atomic E-state index is 0.178. The van der Waals surface area contributed by atoms with Gasteiger partial charge >= 0.3 is 0 Å². The second-order valence-corrected chi connectivity index (χ2v) is 8.06. The molecule has 1 aromatic carbocycles. The second kappa shape index (κ2) is 3.88. The van der Waals surface area contributed by atoms with Crippen LogP contribution in [0.2, 0.25) is 0 Å². The number of carbonyl (C=O) groups is 1. The molecule has 0 aliphatic heterocycles. The third-order valence-electron chi connectivity index (χ3n) is 7.33. The number of allylic oxidation sites excluding steroid dienone is 2. The molecule has 3 aliphatic rings. The molecule has 2 bridgehead atoms. The van der Waals surface area contributed by atoms with Gasteiger partial charge in [-0.05, 0) is 59.1 Å². The molecule has 0 aromatic heterocycles. The summed E-state index contributed by atoms with van der Waals surface area (Å²) in [4.78, 5) is 13.0. The standard InChI is InChI=1S/C20H24O/c1-12-15(13-8-6-5-7-9-13)16-14-10-11-20(4,19(14,2)3)17(16)18(12)21/h5-9,14,16-17H,10-11H2,1-4H3/t14-,16+,17+,20+/m1/s1. The number of carbonyl (C=O) groups excluding carboxylic acids is 1. The van der Waals surface area contributed by atoms with Crippen molar-refractivity contribution in [3.63, 3.8) is 0 Å². The lowest BCUT2D eigenvalue weighted by atomic mass is 9.65. The van der Waals surface area contributed by atoms with Gasteiger partial charge in [-0.25, -0.2) is 0 Å². The average molecular weight is 280 g/mol. The summed E-state index contributed by atoms with van der Waals surface area (Å²) in [5.74, 6) is 1.76. The van der Waals surface area contributed by atoms with Crippen molar-refractivity contribution in [1.29, 1.82) is 0 Å². The van der Waals surface area contributed by atoms with Crippen molar-refractivity contribution in [2.24, 2.45) is 28.6 Å². The van der Waals surface area contributed by atoms with Crippen molar-refractivity contribution in [2.45, 2.75) is 40.5 Å². The lowest BCUT2D eigenvalue weighted by Crippen LogP contribution is -2.36. The zero-order valence-electron chi connectivity index (χ0n) is 13.4. The van der Waals surface area contributed by atoms with Crippen LogP contribution in [0.5, 0.6) is 0 Å². The fourth-order valence-corrected chi connectivity index (χ4v) is 5.84. The van der Waals surface area contributed by atoms with Gasteiger partial charge in [0.05, 0.1) is 0 Å². The van der Waals surface area contributed by atoms with Gasteiger partial charge < -0.3 is 0 Å². The number of benzene rings is 1. The number of Topliss-reactive ketones (excluding diaryl/α,β-unsaturated/α-hetero) is 1. The van der Waals surface area contributed by atoms with Crippen LogP contribution in [0.3, 0.4) is 0 Å². The molecular weight excluding hydrogens is 256 g/mol. The fraction of sp³-hybridized carbons (Fsp3) is 0.550. The molecule has 1 heteroatoms. The maximum absolute atomic E-state index is 13.0. The Morgan fingerprint density at radius 1 is 1.10 bits per heavy atom. The molecule has 0 radical (unpaired) electrons. The number of ketones is 1. The molecule has 2 fully saturated rings. The first-order valence-corrected chi connectivity index (χ1v) is 8.20. The molecule has 3 aliphatic carbocycles. The predicted octanol–water partition coefficient (Wildman–Crippen LogP) is 4.73. The van der Waals surface area contributed by atoms with Crippen LogP contribution in [-0.4, -0.2) is 5.78 Å². The van der Waals surface area contributed by atoms with Crippen LogP contribution in [0.15, 0.2) is 35.9 Å². The predicted molar refractivity (Wildman–Crippen MR) is 85.6 cm³/mol. The Morgan fingerprint density at radius 3 is 2.43 bits per heavy atom. The highest BCUT2D eigenvalue weighted by Gasteiger charge is 2.70. The number of hydrogen-bond acceptors (Lipinski definition) is 1. The Balaban J connectivity index is 1.90. The highest BCUT2D eigenvalue weighted by Crippen LogP contribution is 2.74. The maximum Gasteiger partial charge on any atom is 0.163 e. The molecule has 4 atom stereocenters. The lowest BCUT2D eigenvalue weighted by Gasteiger charge is -2.38. The third-order valence-corrected chi connectivity index (χ3v) is 7.33. The summed E-state index contributed by atoms with van der Waals surface area (Å²) in [5, 5.41) is 0. The summed E-state index contributed by atoms with van der Waals surface area (Å²) in [6.45, 7) is 9.22. The summed E-state index contributed by atoms with van der Waals surface area (Å²) < 4.78 is 0. The van der Waals surface area contributed by atoms with E-state index in [0.29, 0.717) is 17.6 Å². The second-order valence-electron chi connectivity index (χ2n) is 8.06. The van der Waals surface area contributed by atoms with E-state index >= 15 is 0 Å². The van der Waals surface area contributed by atoms with Gasteiger partial charge in [0.2, 0.25) is 0 Å². The molecule has 0 unspecified atom stereocenters. The van der Waals surface area contributed by atoms with E-state index in [1.54, 1.807) is 0 Å². The van der Waals surface area contributed by atoms with E-state index in [0.717, 1.165) is 5.57 Å². The SMILES string of the molecule is CC1=C(c2ccccc2)[C@@H]2[C@H]3CC[C@@](C)([C@@H]2C1=O)C3(C)C. The van der Waals surface area contributed by atoms with Gasteiger partial charge in [0.25, 0.3) is 0 Å². The zero-order valence-corrected chi connectivity index (χ0v) is 13.4. The quantitative estimate of drug-likeness (QED) is 0.726. The molecule has 0 amide bonds. The summed E-state index contributed by atoms with van der Waals surface area (Å²) >= 11 is 0. The molecule has 2 saturated carbocycles. The number of rotatable bonds is 1. The first-order valence-electron chi connectivity index (χ1n) is 8.20.